The normalized spacial score (nSPS) is 11.2. The van der Waals surface area contributed by atoms with Crippen LogP contribution in [0.1, 0.15) is 43.2 Å². The van der Waals surface area contributed by atoms with E-state index in [-0.39, 0.29) is 4.90 Å². The zero-order chi connectivity index (χ0) is 14.3. The van der Waals surface area contributed by atoms with Crippen molar-refractivity contribution in [3.63, 3.8) is 0 Å². The van der Waals surface area contributed by atoms with Crippen molar-refractivity contribution in [3.8, 4) is 12.3 Å². The monoisotopic (exact) mass is 280 g/mol. The van der Waals surface area contributed by atoms with Crippen LogP contribution in [0.2, 0.25) is 0 Å². The quantitative estimate of drug-likeness (QED) is 0.473. The lowest BCUT2D eigenvalue weighted by atomic mass is 10.0. The lowest BCUT2D eigenvalue weighted by Crippen LogP contribution is -2.03. The largest absolute Gasteiger partial charge is 0.294 e. The highest BCUT2D eigenvalue weighted by Gasteiger charge is 2.14. The van der Waals surface area contributed by atoms with Crippen LogP contribution in [0.5, 0.6) is 0 Å². The van der Waals surface area contributed by atoms with Crippen LogP contribution in [0.15, 0.2) is 23.1 Å². The first-order chi connectivity index (χ1) is 8.95. The Labute approximate surface area is 115 Å². The van der Waals surface area contributed by atoms with Crippen LogP contribution in [0, 0.1) is 19.3 Å². The summed E-state index contributed by atoms with van der Waals surface area (Å²) in [6, 6.07) is 4.99. The summed E-state index contributed by atoms with van der Waals surface area (Å²) in [5.74, 6) is 2.60. The van der Waals surface area contributed by atoms with Gasteiger partial charge in [0.15, 0.2) is 0 Å². The third-order valence-electron chi connectivity index (χ3n) is 3.01. The summed E-state index contributed by atoms with van der Waals surface area (Å²) in [4.78, 5) is 0.0294. The van der Waals surface area contributed by atoms with E-state index < -0.39 is 10.1 Å². The van der Waals surface area contributed by atoms with Gasteiger partial charge in [-0.05, 0) is 37.8 Å². The average Bonchev–Trinajstić information content (AvgIpc) is 2.32. The van der Waals surface area contributed by atoms with Gasteiger partial charge >= 0.3 is 0 Å². The molecule has 0 aliphatic heterocycles. The molecule has 1 aromatic rings. The Kier molecular flexibility index (Phi) is 6.07. The van der Waals surface area contributed by atoms with Gasteiger partial charge in [-0.3, -0.25) is 4.55 Å². The maximum absolute atomic E-state index is 11.3. The lowest BCUT2D eigenvalue weighted by Gasteiger charge is -2.08. The average molecular weight is 280 g/mol. The molecule has 3 nitrogen and oxygen atoms in total. The van der Waals surface area contributed by atoms with E-state index in [1.54, 1.807) is 6.07 Å². The second-order valence-electron chi connectivity index (χ2n) is 4.70. The van der Waals surface area contributed by atoms with E-state index >= 15 is 0 Å². The molecule has 0 radical (unpaired) electrons. The number of terminal acetylenes is 1. The van der Waals surface area contributed by atoms with E-state index in [1.165, 1.54) is 6.07 Å². The zero-order valence-corrected chi connectivity index (χ0v) is 12.0. The molecule has 0 saturated carbocycles. The molecule has 4 heteroatoms. The number of unbranched alkanes of at least 4 members (excludes halogenated alkanes) is 4. The van der Waals surface area contributed by atoms with Crippen LogP contribution >= 0.6 is 0 Å². The molecule has 1 N–H and O–H groups in total. The molecule has 0 bridgehead atoms. The number of benzene rings is 1. The van der Waals surface area contributed by atoms with Crippen LogP contribution < -0.4 is 0 Å². The third kappa shape index (κ3) is 5.46. The Morgan fingerprint density at radius 1 is 1.21 bits per heavy atom. The molecular weight excluding hydrogens is 260 g/mol. The maximum atomic E-state index is 11.3. The van der Waals surface area contributed by atoms with Crippen LogP contribution in [0.3, 0.4) is 0 Å². The van der Waals surface area contributed by atoms with Gasteiger partial charge in [-0.1, -0.05) is 30.5 Å². The van der Waals surface area contributed by atoms with Crippen LogP contribution in [0.25, 0.3) is 0 Å². The van der Waals surface area contributed by atoms with Gasteiger partial charge < -0.3 is 0 Å². The summed E-state index contributed by atoms with van der Waals surface area (Å²) < 4.78 is 31.7. The fraction of sp³-hybridized carbons (Fsp3) is 0.467. The van der Waals surface area contributed by atoms with Gasteiger partial charge in [0.05, 0.1) is 4.90 Å². The Bertz CT molecular complexity index is 553. The summed E-state index contributed by atoms with van der Waals surface area (Å²) in [5, 5.41) is 0. The number of aryl methyl sites for hydroxylation is 2. The summed E-state index contributed by atoms with van der Waals surface area (Å²) in [6.07, 6.45) is 10.6. The van der Waals surface area contributed by atoms with E-state index in [0.29, 0.717) is 12.0 Å². The molecule has 0 saturated heterocycles. The van der Waals surface area contributed by atoms with Crippen molar-refractivity contribution >= 4 is 10.1 Å². The SMILES string of the molecule is C#CCCCCCCc1cc(C)ccc1S(=O)(=O)O. The van der Waals surface area contributed by atoms with E-state index in [2.05, 4.69) is 5.92 Å². The van der Waals surface area contributed by atoms with Gasteiger partial charge in [-0.25, -0.2) is 0 Å². The summed E-state index contributed by atoms with van der Waals surface area (Å²) in [5.41, 5.74) is 1.69. The Balaban J connectivity index is 2.63. The van der Waals surface area contributed by atoms with Crippen molar-refractivity contribution < 1.29 is 13.0 Å². The van der Waals surface area contributed by atoms with Crippen molar-refractivity contribution in [1.29, 1.82) is 0 Å². The summed E-state index contributed by atoms with van der Waals surface area (Å²) in [6.45, 7) is 1.91. The fourth-order valence-electron chi connectivity index (χ4n) is 2.05. The standard InChI is InChI=1S/C15H20O3S/c1-3-4-5-6-7-8-9-14-12-13(2)10-11-15(14)19(16,17)18/h1,10-12H,4-9H2,2H3,(H,16,17,18). The van der Waals surface area contributed by atoms with Gasteiger partial charge in [-0.2, -0.15) is 8.42 Å². The van der Waals surface area contributed by atoms with Crippen molar-refractivity contribution in [2.24, 2.45) is 0 Å². The van der Waals surface area contributed by atoms with Gasteiger partial charge in [-0.15, -0.1) is 12.3 Å². The second-order valence-corrected chi connectivity index (χ2v) is 6.09. The molecule has 0 aliphatic rings. The van der Waals surface area contributed by atoms with E-state index in [9.17, 15) is 13.0 Å². The minimum Gasteiger partial charge on any atom is -0.282 e. The smallest absolute Gasteiger partial charge is 0.282 e. The lowest BCUT2D eigenvalue weighted by molar-refractivity contribution is 0.481. The van der Waals surface area contributed by atoms with Crippen LogP contribution in [-0.4, -0.2) is 13.0 Å². The molecule has 0 aliphatic carbocycles. The minimum atomic E-state index is -4.13. The Hall–Kier alpha value is -1.31. The highest BCUT2D eigenvalue weighted by Crippen LogP contribution is 2.20. The Morgan fingerprint density at radius 3 is 2.53 bits per heavy atom. The number of hydrogen-bond acceptors (Lipinski definition) is 2. The third-order valence-corrected chi connectivity index (χ3v) is 3.97. The van der Waals surface area contributed by atoms with Crippen molar-refractivity contribution in [1.82, 2.24) is 0 Å². The first kappa shape index (κ1) is 15.7. The van der Waals surface area contributed by atoms with E-state index in [1.807, 2.05) is 13.0 Å². The number of rotatable bonds is 7. The fourth-order valence-corrected chi connectivity index (χ4v) is 2.78. The van der Waals surface area contributed by atoms with Crippen LogP contribution in [0.4, 0.5) is 0 Å². The molecule has 1 rings (SSSR count). The Morgan fingerprint density at radius 2 is 1.89 bits per heavy atom. The second kappa shape index (κ2) is 7.32. The molecule has 0 spiro atoms. The van der Waals surface area contributed by atoms with Crippen molar-refractivity contribution in [3.05, 3.63) is 29.3 Å². The number of hydrogen-bond donors (Lipinski definition) is 1. The predicted molar refractivity (Wildman–Crippen MR) is 76.6 cm³/mol. The first-order valence-corrected chi connectivity index (χ1v) is 7.89. The maximum Gasteiger partial charge on any atom is 0.294 e. The zero-order valence-electron chi connectivity index (χ0n) is 11.2. The summed E-state index contributed by atoms with van der Waals surface area (Å²) >= 11 is 0. The molecule has 0 heterocycles. The topological polar surface area (TPSA) is 54.4 Å². The molecule has 0 aromatic heterocycles. The van der Waals surface area contributed by atoms with Gasteiger partial charge in [0, 0.05) is 6.42 Å². The molecule has 1 aromatic carbocycles. The molecular formula is C15H20O3S. The van der Waals surface area contributed by atoms with Crippen molar-refractivity contribution in [2.75, 3.05) is 0 Å². The molecule has 0 unspecified atom stereocenters. The molecule has 0 fully saturated rings. The first-order valence-electron chi connectivity index (χ1n) is 6.45. The van der Waals surface area contributed by atoms with Crippen molar-refractivity contribution in [2.45, 2.75) is 50.3 Å². The predicted octanol–water partition coefficient (Wildman–Crippen LogP) is 3.37. The van der Waals surface area contributed by atoms with Gasteiger partial charge in [0.1, 0.15) is 0 Å². The molecule has 0 amide bonds. The van der Waals surface area contributed by atoms with E-state index in [0.717, 1.165) is 37.7 Å². The minimum absolute atomic E-state index is 0.0294. The highest BCUT2D eigenvalue weighted by molar-refractivity contribution is 7.85. The van der Waals surface area contributed by atoms with E-state index in [4.69, 9.17) is 6.42 Å². The summed E-state index contributed by atoms with van der Waals surface area (Å²) in [7, 11) is -4.13. The molecule has 0 atom stereocenters. The van der Waals surface area contributed by atoms with Gasteiger partial charge in [0.2, 0.25) is 0 Å². The van der Waals surface area contributed by atoms with Crippen LogP contribution in [-0.2, 0) is 16.5 Å². The highest BCUT2D eigenvalue weighted by atomic mass is 32.2. The van der Waals surface area contributed by atoms with Gasteiger partial charge in [0.25, 0.3) is 10.1 Å². The molecule has 19 heavy (non-hydrogen) atoms. The molecule has 104 valence electrons.